The van der Waals surface area contributed by atoms with Gasteiger partial charge in [0, 0.05) is 0 Å². The van der Waals surface area contributed by atoms with Crippen LogP contribution in [0, 0.1) is 68.6 Å². The van der Waals surface area contributed by atoms with Gasteiger partial charge in [0.25, 0.3) is 0 Å². The molecule has 16 heavy (non-hydrogen) atoms. The van der Waals surface area contributed by atoms with Gasteiger partial charge in [-0.1, -0.05) is 13.8 Å². The van der Waals surface area contributed by atoms with Crippen LogP contribution in [0.5, 0.6) is 0 Å². The zero-order valence-corrected chi connectivity index (χ0v) is 12.7. The van der Waals surface area contributed by atoms with Crippen LogP contribution in [0.1, 0.15) is 13.8 Å². The van der Waals surface area contributed by atoms with E-state index in [1.807, 2.05) is 0 Å². The SMILES string of the molecule is CC(C)([C]1[C][C][C][C]1)[C]1[C][C][C][C]1.[Cl][Zr][Cl]. The van der Waals surface area contributed by atoms with E-state index in [0.29, 0.717) is 0 Å². The van der Waals surface area contributed by atoms with E-state index in [0.717, 1.165) is 11.8 Å². The summed E-state index contributed by atoms with van der Waals surface area (Å²) in [5, 5.41) is 0. The molecule has 0 aromatic carbocycles. The van der Waals surface area contributed by atoms with Crippen molar-refractivity contribution in [1.82, 2.24) is 0 Å². The maximum absolute atomic E-state index is 4.93. The summed E-state index contributed by atoms with van der Waals surface area (Å²) >= 11 is -0.826. The molecule has 0 N–H and O–H groups in total. The van der Waals surface area contributed by atoms with E-state index in [9.17, 15) is 0 Å². The molecule has 0 aromatic heterocycles. The first-order chi connectivity index (χ1) is 7.62. The maximum atomic E-state index is 4.93. The molecule has 2 aliphatic carbocycles. The van der Waals surface area contributed by atoms with Gasteiger partial charge < -0.3 is 0 Å². The second-order valence-corrected chi connectivity index (χ2v) is 7.18. The fraction of sp³-hybridized carbons (Fsp3) is 0.231. The standard InChI is InChI=1S/C13H6.2ClH.Zr/c1-13(2,11-7-3-4-8-11)12-9-5-6-10-12;;;/h1-2H3;2*1H;/q;;;+2/p-2. The van der Waals surface area contributed by atoms with Crippen molar-refractivity contribution >= 4 is 17.0 Å². The Kier molecular flexibility index (Phi) is 7.57. The summed E-state index contributed by atoms with van der Waals surface area (Å²) in [6.07, 6.45) is 22.8. The molecule has 0 aliphatic heterocycles. The summed E-state index contributed by atoms with van der Waals surface area (Å²) in [4.78, 5) is 0. The van der Waals surface area contributed by atoms with E-state index >= 15 is 0 Å². The first-order valence-electron chi connectivity index (χ1n) is 4.38. The average Bonchev–Trinajstić information content (AvgIpc) is 2.93. The Morgan fingerprint density at radius 3 is 1.31 bits per heavy atom. The normalized spacial score (nSPS) is 23.0. The quantitative estimate of drug-likeness (QED) is 0.732. The van der Waals surface area contributed by atoms with Crippen LogP contribution in [0.2, 0.25) is 0 Å². The van der Waals surface area contributed by atoms with Gasteiger partial charge in [0.05, 0.1) is 0 Å². The topological polar surface area (TPSA) is 0 Å². The van der Waals surface area contributed by atoms with Crippen LogP contribution in [-0.4, -0.2) is 0 Å². The molecule has 0 nitrogen and oxygen atoms in total. The molecule has 3 heteroatoms. The molecule has 0 saturated heterocycles. The van der Waals surface area contributed by atoms with E-state index in [2.05, 4.69) is 65.2 Å². The summed E-state index contributed by atoms with van der Waals surface area (Å²) < 4.78 is 0. The number of rotatable bonds is 2. The van der Waals surface area contributed by atoms with Crippen molar-refractivity contribution in [2.45, 2.75) is 13.8 Å². The van der Waals surface area contributed by atoms with Gasteiger partial charge in [-0.05, 0) is 68.6 Å². The van der Waals surface area contributed by atoms with Crippen LogP contribution in [0.25, 0.3) is 0 Å². The van der Waals surface area contributed by atoms with Gasteiger partial charge in [-0.2, -0.15) is 0 Å². The monoisotopic (exact) mass is 322 g/mol. The van der Waals surface area contributed by atoms with E-state index in [4.69, 9.17) is 17.0 Å². The Hall–Kier alpha value is 1.46. The van der Waals surface area contributed by atoms with Crippen LogP contribution in [0.4, 0.5) is 0 Å². The molecule has 2 fully saturated rings. The van der Waals surface area contributed by atoms with E-state index < -0.39 is 20.8 Å². The van der Waals surface area contributed by atoms with Crippen molar-refractivity contribution in [3.8, 4) is 0 Å². The third-order valence-electron chi connectivity index (χ3n) is 2.12. The summed E-state index contributed by atoms with van der Waals surface area (Å²) in [6, 6.07) is 0. The Labute approximate surface area is 120 Å². The molecule has 2 aliphatic rings. The molecule has 0 spiro atoms. The Morgan fingerprint density at radius 2 is 1.06 bits per heavy atom. The second-order valence-electron chi connectivity index (χ2n) is 3.45. The third kappa shape index (κ3) is 4.29. The second kappa shape index (κ2) is 7.80. The molecule has 2 saturated carbocycles. The Bertz CT molecular complexity index is 164. The van der Waals surface area contributed by atoms with Gasteiger partial charge in [0.2, 0.25) is 0 Å². The summed E-state index contributed by atoms with van der Waals surface area (Å²) in [5.41, 5.74) is -0.201. The Morgan fingerprint density at radius 1 is 0.812 bits per heavy atom. The van der Waals surface area contributed by atoms with Gasteiger partial charge in [-0.15, -0.1) is 0 Å². The number of hydrogen-bond donors (Lipinski definition) is 0. The average molecular weight is 324 g/mol. The molecule has 0 heterocycles. The van der Waals surface area contributed by atoms with Crippen LogP contribution < -0.4 is 0 Å². The zero-order chi connectivity index (χ0) is 12.0. The van der Waals surface area contributed by atoms with E-state index in [1.165, 1.54) is 0 Å². The number of halogens is 2. The molecular formula is C13H6Cl2Zr. The first kappa shape index (κ1) is 15.5. The van der Waals surface area contributed by atoms with Crippen molar-refractivity contribution in [3.05, 3.63) is 63.2 Å². The van der Waals surface area contributed by atoms with Gasteiger partial charge in [0.15, 0.2) is 0 Å². The van der Waals surface area contributed by atoms with Gasteiger partial charge in [-0.25, -0.2) is 0 Å². The molecule has 0 aromatic rings. The van der Waals surface area contributed by atoms with Crippen LogP contribution in [0.15, 0.2) is 0 Å². The third-order valence-corrected chi connectivity index (χ3v) is 2.12. The van der Waals surface area contributed by atoms with Crippen molar-refractivity contribution in [2.75, 3.05) is 0 Å². The van der Waals surface area contributed by atoms with Crippen molar-refractivity contribution < 1.29 is 20.8 Å². The first-order valence-corrected chi connectivity index (χ1v) is 10.7. The fourth-order valence-corrected chi connectivity index (χ4v) is 1.19. The predicted molar refractivity (Wildman–Crippen MR) is 57.9 cm³/mol. The molecular weight excluding hydrogens is 318 g/mol. The molecule has 18 radical (unpaired) electrons. The molecule has 0 amide bonds. The minimum absolute atomic E-state index is 0.201. The molecule has 0 unspecified atom stereocenters. The van der Waals surface area contributed by atoms with Crippen LogP contribution in [-0.2, 0) is 20.8 Å². The van der Waals surface area contributed by atoms with Gasteiger partial charge >= 0.3 is 37.9 Å². The van der Waals surface area contributed by atoms with E-state index in [-0.39, 0.29) is 5.41 Å². The number of hydrogen-bond acceptors (Lipinski definition) is 0. The summed E-state index contributed by atoms with van der Waals surface area (Å²) in [7, 11) is 9.87. The van der Waals surface area contributed by atoms with Crippen molar-refractivity contribution in [3.63, 3.8) is 0 Å². The molecule has 0 bridgehead atoms. The minimum atomic E-state index is -0.826. The molecule has 76 valence electrons. The van der Waals surface area contributed by atoms with Gasteiger partial charge in [0.1, 0.15) is 0 Å². The van der Waals surface area contributed by atoms with E-state index in [1.54, 1.807) is 0 Å². The summed E-state index contributed by atoms with van der Waals surface area (Å²) in [6.45, 7) is 4.11. The zero-order valence-electron chi connectivity index (χ0n) is 8.76. The summed E-state index contributed by atoms with van der Waals surface area (Å²) in [5.74, 6) is 1.85. The fourth-order valence-electron chi connectivity index (χ4n) is 1.19. The molecule has 0 atom stereocenters. The van der Waals surface area contributed by atoms with Gasteiger partial charge in [-0.3, -0.25) is 0 Å². The van der Waals surface area contributed by atoms with Crippen molar-refractivity contribution in [1.29, 1.82) is 0 Å². The van der Waals surface area contributed by atoms with Crippen molar-refractivity contribution in [2.24, 2.45) is 5.41 Å². The Balaban J connectivity index is 0.000000386. The van der Waals surface area contributed by atoms with Crippen LogP contribution >= 0.6 is 17.0 Å². The molecule has 2 rings (SSSR count). The van der Waals surface area contributed by atoms with Crippen LogP contribution in [0.3, 0.4) is 0 Å². The predicted octanol–water partition coefficient (Wildman–Crippen LogP) is 3.22.